The van der Waals surface area contributed by atoms with Crippen molar-refractivity contribution in [2.24, 2.45) is 4.40 Å². The van der Waals surface area contributed by atoms with Crippen molar-refractivity contribution in [3.63, 3.8) is 0 Å². The van der Waals surface area contributed by atoms with E-state index in [9.17, 15) is 4.21 Å². The second kappa shape index (κ2) is 9.36. The third-order valence-electron chi connectivity index (χ3n) is 5.03. The van der Waals surface area contributed by atoms with Gasteiger partial charge < -0.3 is 0 Å². The molecule has 3 rings (SSSR count). The fourth-order valence-electron chi connectivity index (χ4n) is 3.13. The van der Waals surface area contributed by atoms with Gasteiger partial charge in [-0.15, -0.1) is 0 Å². The van der Waals surface area contributed by atoms with Crippen LogP contribution < -0.4 is 0 Å². The van der Waals surface area contributed by atoms with Crippen LogP contribution in [0.3, 0.4) is 0 Å². The highest BCUT2D eigenvalue weighted by Gasteiger charge is 2.18. The van der Waals surface area contributed by atoms with Gasteiger partial charge >= 0.3 is 0 Å². The van der Waals surface area contributed by atoms with Crippen molar-refractivity contribution >= 4 is 29.4 Å². The lowest BCUT2D eigenvalue weighted by molar-refractivity contribution is 0.651. The molecule has 0 N–H and O–H groups in total. The van der Waals surface area contributed by atoms with E-state index >= 15 is 0 Å². The number of benzene rings is 3. The predicted molar refractivity (Wildman–Crippen MR) is 132 cm³/mol. The summed E-state index contributed by atoms with van der Waals surface area (Å²) >= 11 is 0. The Morgan fingerprint density at radius 1 is 0.833 bits per heavy atom. The maximum absolute atomic E-state index is 12.2. The first kappa shape index (κ1) is 21.9. The van der Waals surface area contributed by atoms with Crippen LogP contribution >= 0.6 is 0 Å². The summed E-state index contributed by atoms with van der Waals surface area (Å²) in [7, 11) is -1.26. The van der Waals surface area contributed by atoms with E-state index in [1.54, 1.807) is 6.21 Å². The van der Waals surface area contributed by atoms with Crippen LogP contribution in [-0.2, 0) is 11.0 Å². The van der Waals surface area contributed by atoms with Gasteiger partial charge in [0, 0.05) is 6.21 Å². The zero-order valence-corrected chi connectivity index (χ0v) is 19.2. The zero-order chi connectivity index (χ0) is 21.7. The molecule has 0 saturated heterocycles. The maximum Gasteiger partial charge on any atom is 0.144 e. The van der Waals surface area contributed by atoms with E-state index in [0.29, 0.717) is 0 Å². The van der Waals surface area contributed by atoms with Crippen LogP contribution in [0.1, 0.15) is 48.6 Å². The van der Waals surface area contributed by atoms with Crippen molar-refractivity contribution in [2.45, 2.75) is 39.4 Å². The number of hydrogen-bond donors (Lipinski definition) is 0. The number of nitrogens with zero attached hydrogens (tertiary/aromatic N) is 1. The molecule has 0 aromatic heterocycles. The Bertz CT molecular complexity index is 1110. The van der Waals surface area contributed by atoms with Crippen molar-refractivity contribution in [1.82, 2.24) is 0 Å². The van der Waals surface area contributed by atoms with E-state index in [1.807, 2.05) is 32.9 Å². The summed E-state index contributed by atoms with van der Waals surface area (Å²) in [6, 6.07) is 23.1. The third-order valence-corrected chi connectivity index (χ3v) is 6.37. The Balaban J connectivity index is 1.88. The van der Waals surface area contributed by atoms with Crippen LogP contribution in [0.5, 0.6) is 0 Å². The highest BCUT2D eigenvalue weighted by Crippen LogP contribution is 2.27. The van der Waals surface area contributed by atoms with Gasteiger partial charge in [-0.05, 0) is 79.6 Å². The molecule has 0 aliphatic carbocycles. The summed E-state index contributed by atoms with van der Waals surface area (Å²) in [5, 5.41) is 0. The van der Waals surface area contributed by atoms with Crippen molar-refractivity contribution in [3.05, 3.63) is 94.5 Å². The second-order valence-corrected chi connectivity index (χ2v) is 10.4. The van der Waals surface area contributed by atoms with E-state index in [4.69, 9.17) is 0 Å². The Morgan fingerprint density at radius 2 is 1.53 bits per heavy atom. The smallest absolute Gasteiger partial charge is 0.144 e. The summed E-state index contributed by atoms with van der Waals surface area (Å²) in [5.41, 5.74) is 8.21. The molecule has 154 valence electrons. The minimum atomic E-state index is -1.26. The zero-order valence-electron chi connectivity index (χ0n) is 18.3. The van der Waals surface area contributed by atoms with Crippen molar-refractivity contribution in [3.8, 4) is 11.1 Å². The van der Waals surface area contributed by atoms with E-state index in [-0.39, 0.29) is 4.75 Å². The van der Waals surface area contributed by atoms with Crippen LogP contribution in [0.25, 0.3) is 23.3 Å². The SMILES string of the molecule is Cc1ccc(C=NS(=O)C(C)(C)C)cc1/C=C/c1cccc(-c2ccccc2)c1C. The minimum absolute atomic E-state index is 0.356. The Labute approximate surface area is 183 Å². The lowest BCUT2D eigenvalue weighted by Gasteiger charge is -2.12. The van der Waals surface area contributed by atoms with Gasteiger partial charge in [0.15, 0.2) is 0 Å². The fraction of sp³-hybridized carbons (Fsp3) is 0.222. The van der Waals surface area contributed by atoms with Gasteiger partial charge in [0.25, 0.3) is 0 Å². The van der Waals surface area contributed by atoms with Gasteiger partial charge in [-0.25, -0.2) is 4.21 Å². The topological polar surface area (TPSA) is 29.4 Å². The molecular formula is C27H29NOS. The van der Waals surface area contributed by atoms with E-state index in [2.05, 4.69) is 85.0 Å². The minimum Gasteiger partial charge on any atom is -0.234 e. The molecule has 1 unspecified atom stereocenters. The summed E-state index contributed by atoms with van der Waals surface area (Å²) in [5.74, 6) is 0. The first-order valence-corrected chi connectivity index (χ1v) is 11.3. The largest absolute Gasteiger partial charge is 0.234 e. The molecule has 0 bridgehead atoms. The molecule has 3 aromatic carbocycles. The van der Waals surface area contributed by atoms with Crippen molar-refractivity contribution in [1.29, 1.82) is 0 Å². The average molecular weight is 416 g/mol. The van der Waals surface area contributed by atoms with Gasteiger partial charge in [0.05, 0.1) is 4.75 Å². The first-order chi connectivity index (χ1) is 14.3. The lowest BCUT2D eigenvalue weighted by Crippen LogP contribution is -2.19. The van der Waals surface area contributed by atoms with Crippen LogP contribution in [0.4, 0.5) is 0 Å². The number of hydrogen-bond acceptors (Lipinski definition) is 1. The highest BCUT2D eigenvalue weighted by atomic mass is 32.2. The van der Waals surface area contributed by atoms with Gasteiger partial charge in [-0.2, -0.15) is 4.40 Å². The second-order valence-electron chi connectivity index (χ2n) is 8.43. The molecule has 3 aromatic rings. The third kappa shape index (κ3) is 5.43. The molecule has 0 fully saturated rings. The summed E-state index contributed by atoms with van der Waals surface area (Å²) < 4.78 is 16.1. The molecule has 0 radical (unpaired) electrons. The van der Waals surface area contributed by atoms with Crippen molar-refractivity contribution < 1.29 is 4.21 Å². The normalized spacial score (nSPS) is 13.2. The standard InChI is InChI=1S/C27H29NOS/c1-20-14-15-22(19-28-30(29)27(3,4)5)18-25(20)17-16-23-12-9-13-26(21(23)2)24-10-7-6-8-11-24/h6-19H,1-5H3/b17-16+,28-19?. The van der Waals surface area contributed by atoms with Crippen LogP contribution in [0.15, 0.2) is 71.1 Å². The van der Waals surface area contributed by atoms with E-state index in [1.165, 1.54) is 27.8 Å². The summed E-state index contributed by atoms with van der Waals surface area (Å²) in [6.07, 6.45) is 6.02. The quantitative estimate of drug-likeness (QED) is 0.325. The predicted octanol–water partition coefficient (Wildman–Crippen LogP) is 7.02. The van der Waals surface area contributed by atoms with Crippen LogP contribution in [0, 0.1) is 13.8 Å². The molecule has 3 heteroatoms. The van der Waals surface area contributed by atoms with E-state index in [0.717, 1.165) is 11.1 Å². The highest BCUT2D eigenvalue weighted by molar-refractivity contribution is 7.85. The maximum atomic E-state index is 12.2. The van der Waals surface area contributed by atoms with Crippen molar-refractivity contribution in [2.75, 3.05) is 0 Å². The monoisotopic (exact) mass is 415 g/mol. The van der Waals surface area contributed by atoms with E-state index < -0.39 is 11.0 Å². The van der Waals surface area contributed by atoms with Gasteiger partial charge in [0.2, 0.25) is 0 Å². The van der Waals surface area contributed by atoms with Gasteiger partial charge in [-0.1, -0.05) is 72.8 Å². The summed E-state index contributed by atoms with van der Waals surface area (Å²) in [4.78, 5) is 0. The molecule has 0 spiro atoms. The van der Waals surface area contributed by atoms with Gasteiger partial charge in [0.1, 0.15) is 11.0 Å². The van der Waals surface area contributed by atoms with Crippen LogP contribution in [0.2, 0.25) is 0 Å². The molecule has 30 heavy (non-hydrogen) atoms. The lowest BCUT2D eigenvalue weighted by atomic mass is 9.95. The molecule has 0 aliphatic rings. The average Bonchev–Trinajstić information content (AvgIpc) is 2.72. The molecular weight excluding hydrogens is 386 g/mol. The van der Waals surface area contributed by atoms with Crippen LogP contribution in [-0.4, -0.2) is 15.2 Å². The molecule has 0 amide bonds. The number of rotatable bonds is 5. The summed E-state index contributed by atoms with van der Waals surface area (Å²) in [6.45, 7) is 10.0. The molecule has 0 aliphatic heterocycles. The molecule has 0 heterocycles. The number of aryl methyl sites for hydroxylation is 1. The molecule has 0 saturated carbocycles. The molecule has 2 nitrogen and oxygen atoms in total. The Kier molecular flexibility index (Phi) is 6.84. The Morgan fingerprint density at radius 3 is 2.23 bits per heavy atom. The fourth-order valence-corrected chi connectivity index (χ4v) is 3.66. The molecule has 1 atom stereocenters. The Hall–Kier alpha value is -2.78. The van der Waals surface area contributed by atoms with Gasteiger partial charge in [-0.3, -0.25) is 0 Å². The first-order valence-electron chi connectivity index (χ1n) is 10.2.